The fourth-order valence-electron chi connectivity index (χ4n) is 3.93. The molecule has 30 heavy (non-hydrogen) atoms. The number of esters is 1. The zero-order valence-corrected chi connectivity index (χ0v) is 17.9. The fraction of sp³-hybridized carbons (Fsp3) is 0.556. The van der Waals surface area contributed by atoms with E-state index >= 15 is 0 Å². The van der Waals surface area contributed by atoms with Crippen LogP contribution in [0.25, 0.3) is 0 Å². The molecule has 1 aromatic rings. The van der Waals surface area contributed by atoms with E-state index in [1.165, 1.54) is 22.4 Å². The topological polar surface area (TPSA) is 127 Å². The van der Waals surface area contributed by atoms with Crippen LogP contribution in [0.15, 0.2) is 23.1 Å². The molecule has 1 unspecified atom stereocenters. The summed E-state index contributed by atoms with van der Waals surface area (Å²) in [6.07, 6.45) is 1.84. The summed E-state index contributed by atoms with van der Waals surface area (Å²) in [5, 5.41) is 10.9. The van der Waals surface area contributed by atoms with Gasteiger partial charge in [-0.2, -0.15) is 4.31 Å². The summed E-state index contributed by atoms with van der Waals surface area (Å²) < 4.78 is 31.9. The number of hydrogen-bond acceptors (Lipinski definition) is 7. The van der Waals surface area contributed by atoms with Crippen molar-refractivity contribution >= 4 is 39.2 Å². The Bertz CT molecular complexity index is 961. The van der Waals surface area contributed by atoms with Gasteiger partial charge in [0.2, 0.25) is 15.9 Å². The highest BCUT2D eigenvalue weighted by molar-refractivity contribution is 7.89. The van der Waals surface area contributed by atoms with Gasteiger partial charge < -0.3 is 9.64 Å². The Kier molecular flexibility index (Phi) is 6.63. The van der Waals surface area contributed by atoms with Crippen LogP contribution in [0.5, 0.6) is 0 Å². The van der Waals surface area contributed by atoms with Gasteiger partial charge in [0.25, 0.3) is 5.69 Å². The Morgan fingerprint density at radius 1 is 1.20 bits per heavy atom. The van der Waals surface area contributed by atoms with Crippen LogP contribution < -0.4 is 0 Å². The molecule has 1 amide bonds. The highest BCUT2D eigenvalue weighted by Gasteiger charge is 2.40. The number of benzene rings is 1. The van der Waals surface area contributed by atoms with E-state index in [1.807, 2.05) is 0 Å². The Morgan fingerprint density at radius 2 is 1.87 bits per heavy atom. The maximum Gasteiger partial charge on any atom is 0.328 e. The number of nitro benzene ring substituents is 1. The Morgan fingerprint density at radius 3 is 2.47 bits per heavy atom. The van der Waals surface area contributed by atoms with Crippen molar-refractivity contribution in [2.24, 2.45) is 5.92 Å². The second-order valence-electron chi connectivity index (χ2n) is 7.26. The first-order valence-electron chi connectivity index (χ1n) is 9.49. The standard InChI is InChI=1S/C18H22ClN3O7S/c1-29-18(24)15-3-2-8-21(15)17(23)12-6-9-20(10-7-12)30(27,28)16-11-13(22(25)26)4-5-14(16)19/h4-5,11-12,15H,2-3,6-10H2,1H3. The largest absolute Gasteiger partial charge is 0.467 e. The summed E-state index contributed by atoms with van der Waals surface area (Å²) >= 11 is 6.00. The SMILES string of the molecule is COC(=O)C1CCCN1C(=O)C1CCN(S(=O)(=O)c2cc([N+](=O)[O-])ccc2Cl)CC1. The number of carbonyl (C=O) groups excluding carboxylic acids is 2. The van der Waals surface area contributed by atoms with Gasteiger partial charge in [-0.3, -0.25) is 14.9 Å². The third kappa shape index (κ3) is 4.28. The van der Waals surface area contributed by atoms with Gasteiger partial charge in [0.05, 0.1) is 17.1 Å². The Hall–Kier alpha value is -2.24. The highest BCUT2D eigenvalue weighted by Crippen LogP contribution is 2.32. The minimum absolute atomic E-state index is 0.0779. The molecule has 2 heterocycles. The maximum absolute atomic E-state index is 13.0. The smallest absolute Gasteiger partial charge is 0.328 e. The zero-order valence-electron chi connectivity index (χ0n) is 16.3. The van der Waals surface area contributed by atoms with E-state index < -0.39 is 32.9 Å². The molecule has 0 aliphatic carbocycles. The van der Waals surface area contributed by atoms with E-state index in [-0.39, 0.29) is 47.4 Å². The molecule has 0 saturated carbocycles. The van der Waals surface area contributed by atoms with Crippen LogP contribution in [0.3, 0.4) is 0 Å². The minimum Gasteiger partial charge on any atom is -0.467 e. The van der Waals surface area contributed by atoms with Crippen molar-refractivity contribution < 1.29 is 27.7 Å². The van der Waals surface area contributed by atoms with Crippen LogP contribution in [0.1, 0.15) is 25.7 Å². The number of ether oxygens (including phenoxy) is 1. The first-order valence-corrected chi connectivity index (χ1v) is 11.3. The van der Waals surface area contributed by atoms with Crippen LogP contribution in [-0.4, -0.2) is 67.2 Å². The number of nitro groups is 1. The molecule has 0 N–H and O–H groups in total. The van der Waals surface area contributed by atoms with Crippen LogP contribution in [0, 0.1) is 16.0 Å². The number of carbonyl (C=O) groups is 2. The van der Waals surface area contributed by atoms with E-state index in [2.05, 4.69) is 0 Å². The molecule has 0 spiro atoms. The summed E-state index contributed by atoms with van der Waals surface area (Å²) in [5.41, 5.74) is -0.370. The molecular weight excluding hydrogens is 438 g/mol. The number of amides is 1. The van der Waals surface area contributed by atoms with Gasteiger partial charge >= 0.3 is 5.97 Å². The van der Waals surface area contributed by atoms with Gasteiger partial charge in [0, 0.05) is 37.7 Å². The lowest BCUT2D eigenvalue weighted by Crippen LogP contribution is -2.47. The van der Waals surface area contributed by atoms with Crippen LogP contribution in [-0.2, 0) is 24.3 Å². The minimum atomic E-state index is -4.05. The van der Waals surface area contributed by atoms with Crippen molar-refractivity contribution in [3.63, 3.8) is 0 Å². The summed E-state index contributed by atoms with van der Waals surface area (Å²) in [6, 6.07) is 2.68. The predicted molar refractivity (Wildman–Crippen MR) is 106 cm³/mol. The molecular formula is C18H22ClN3O7S. The van der Waals surface area contributed by atoms with Gasteiger partial charge in [-0.25, -0.2) is 13.2 Å². The van der Waals surface area contributed by atoms with E-state index in [0.29, 0.717) is 19.4 Å². The van der Waals surface area contributed by atoms with Crippen molar-refractivity contribution in [2.45, 2.75) is 36.6 Å². The second kappa shape index (κ2) is 8.86. The van der Waals surface area contributed by atoms with E-state index in [9.17, 15) is 28.1 Å². The number of non-ortho nitro benzene ring substituents is 1. The van der Waals surface area contributed by atoms with Gasteiger partial charge in [-0.15, -0.1) is 0 Å². The number of sulfonamides is 1. The predicted octanol–water partition coefficient (Wildman–Crippen LogP) is 1.81. The molecule has 164 valence electrons. The molecule has 12 heteroatoms. The van der Waals surface area contributed by atoms with Gasteiger partial charge in [0.15, 0.2) is 0 Å². The monoisotopic (exact) mass is 459 g/mol. The van der Waals surface area contributed by atoms with E-state index in [4.69, 9.17) is 16.3 Å². The summed E-state index contributed by atoms with van der Waals surface area (Å²) in [4.78, 5) is 36.3. The number of methoxy groups -OCH3 is 1. The molecule has 2 saturated heterocycles. The van der Waals surface area contributed by atoms with Crippen molar-refractivity contribution in [3.05, 3.63) is 33.3 Å². The van der Waals surface area contributed by atoms with Gasteiger partial charge in [-0.05, 0) is 31.7 Å². The number of rotatable bonds is 5. The van der Waals surface area contributed by atoms with Crippen LogP contribution >= 0.6 is 11.6 Å². The molecule has 2 fully saturated rings. The quantitative estimate of drug-likeness (QED) is 0.373. The molecule has 0 radical (unpaired) electrons. The summed E-state index contributed by atoms with van der Waals surface area (Å²) in [7, 11) is -2.76. The zero-order chi connectivity index (χ0) is 22.1. The normalized spacial score (nSPS) is 20.9. The molecule has 10 nitrogen and oxygen atoms in total. The Balaban J connectivity index is 1.71. The first kappa shape index (κ1) is 22.4. The van der Waals surface area contributed by atoms with Gasteiger partial charge in [-0.1, -0.05) is 11.6 Å². The molecule has 2 aliphatic heterocycles. The summed E-state index contributed by atoms with van der Waals surface area (Å²) in [5.74, 6) is -1.02. The number of nitrogens with zero attached hydrogens (tertiary/aromatic N) is 3. The Labute approximate surface area is 178 Å². The molecule has 0 aromatic heterocycles. The molecule has 1 atom stereocenters. The van der Waals surface area contributed by atoms with E-state index in [0.717, 1.165) is 12.1 Å². The second-order valence-corrected chi connectivity index (χ2v) is 9.58. The van der Waals surface area contributed by atoms with Crippen molar-refractivity contribution in [3.8, 4) is 0 Å². The highest BCUT2D eigenvalue weighted by atomic mass is 35.5. The number of halogens is 1. The molecule has 2 aliphatic rings. The molecule has 0 bridgehead atoms. The summed E-state index contributed by atoms with van der Waals surface area (Å²) in [6.45, 7) is 0.628. The van der Waals surface area contributed by atoms with Crippen LogP contribution in [0.2, 0.25) is 5.02 Å². The van der Waals surface area contributed by atoms with E-state index in [1.54, 1.807) is 0 Å². The first-order chi connectivity index (χ1) is 14.2. The lowest BCUT2D eigenvalue weighted by atomic mass is 9.96. The average molecular weight is 460 g/mol. The lowest BCUT2D eigenvalue weighted by Gasteiger charge is -2.33. The molecule has 1 aromatic carbocycles. The van der Waals surface area contributed by atoms with Gasteiger partial charge in [0.1, 0.15) is 10.9 Å². The number of hydrogen-bond donors (Lipinski definition) is 0. The maximum atomic E-state index is 13.0. The van der Waals surface area contributed by atoms with Crippen molar-refractivity contribution in [1.82, 2.24) is 9.21 Å². The third-order valence-corrected chi connectivity index (χ3v) is 7.94. The van der Waals surface area contributed by atoms with Crippen molar-refractivity contribution in [2.75, 3.05) is 26.7 Å². The average Bonchev–Trinajstić information content (AvgIpc) is 3.22. The number of likely N-dealkylation sites (tertiary alicyclic amines) is 1. The third-order valence-electron chi connectivity index (χ3n) is 5.56. The van der Waals surface area contributed by atoms with Crippen molar-refractivity contribution in [1.29, 1.82) is 0 Å². The lowest BCUT2D eigenvalue weighted by molar-refractivity contribution is -0.385. The fourth-order valence-corrected chi connectivity index (χ4v) is 5.90. The van der Waals surface area contributed by atoms with Crippen LogP contribution in [0.4, 0.5) is 5.69 Å². The molecule has 3 rings (SSSR count). The number of piperidine rings is 1.